The fourth-order valence-corrected chi connectivity index (χ4v) is 1.32. The first-order valence-corrected chi connectivity index (χ1v) is 4.33. The fourth-order valence-electron chi connectivity index (χ4n) is 1.32. The first kappa shape index (κ1) is 9.05. The van der Waals surface area contributed by atoms with Gasteiger partial charge in [-0.05, 0) is 33.1 Å². The Morgan fingerprint density at radius 3 is 2.42 bits per heavy atom. The number of hydrogen-bond acceptors (Lipinski definition) is 2. The van der Waals surface area contributed by atoms with Crippen LogP contribution in [-0.4, -0.2) is 11.9 Å². The summed E-state index contributed by atoms with van der Waals surface area (Å²) in [6.07, 6.45) is 2.45. The topological polar surface area (TPSA) is 52.9 Å². The third-order valence-corrected chi connectivity index (χ3v) is 2.28. The number of nitrogens with one attached hydrogen (secondary N) is 1. The number of hydrogen-bond donors (Lipinski definition) is 1. The van der Waals surface area contributed by atoms with Crippen LogP contribution in [0.1, 0.15) is 33.1 Å². The zero-order chi connectivity index (χ0) is 9.19. The molecule has 1 amide bonds. The van der Waals surface area contributed by atoms with Crippen LogP contribution < -0.4 is 5.32 Å². The van der Waals surface area contributed by atoms with Gasteiger partial charge in [0, 0.05) is 6.04 Å². The van der Waals surface area contributed by atoms with Crippen LogP contribution in [0, 0.1) is 16.7 Å². The van der Waals surface area contributed by atoms with E-state index in [9.17, 15) is 4.79 Å². The SMILES string of the molecule is CC(C)NC(=O)C1(C#N)CCC1. The summed E-state index contributed by atoms with van der Waals surface area (Å²) in [4.78, 5) is 11.5. The van der Waals surface area contributed by atoms with Gasteiger partial charge >= 0.3 is 0 Å². The summed E-state index contributed by atoms with van der Waals surface area (Å²) >= 11 is 0. The van der Waals surface area contributed by atoms with Gasteiger partial charge in [-0.15, -0.1) is 0 Å². The van der Waals surface area contributed by atoms with Gasteiger partial charge in [-0.1, -0.05) is 0 Å². The molecule has 0 unspecified atom stereocenters. The summed E-state index contributed by atoms with van der Waals surface area (Å²) in [7, 11) is 0. The van der Waals surface area contributed by atoms with Crippen LogP contribution in [0.3, 0.4) is 0 Å². The lowest BCUT2D eigenvalue weighted by Gasteiger charge is -2.33. The van der Waals surface area contributed by atoms with Gasteiger partial charge < -0.3 is 5.32 Å². The maximum absolute atomic E-state index is 11.5. The number of carbonyl (C=O) groups is 1. The van der Waals surface area contributed by atoms with Gasteiger partial charge in [0.05, 0.1) is 6.07 Å². The van der Waals surface area contributed by atoms with Crippen LogP contribution in [-0.2, 0) is 4.79 Å². The highest BCUT2D eigenvalue weighted by atomic mass is 16.2. The van der Waals surface area contributed by atoms with Gasteiger partial charge in [0.1, 0.15) is 5.41 Å². The first-order chi connectivity index (χ1) is 5.60. The maximum Gasteiger partial charge on any atom is 0.240 e. The zero-order valence-corrected chi connectivity index (χ0v) is 7.55. The van der Waals surface area contributed by atoms with E-state index in [-0.39, 0.29) is 11.9 Å². The van der Waals surface area contributed by atoms with Crippen LogP contribution in [0.15, 0.2) is 0 Å². The lowest BCUT2D eigenvalue weighted by molar-refractivity contribution is -0.132. The average Bonchev–Trinajstić information content (AvgIpc) is 1.83. The fraction of sp³-hybridized carbons (Fsp3) is 0.778. The van der Waals surface area contributed by atoms with E-state index in [4.69, 9.17) is 5.26 Å². The van der Waals surface area contributed by atoms with Gasteiger partial charge in [-0.2, -0.15) is 5.26 Å². The molecule has 1 saturated carbocycles. The largest absolute Gasteiger partial charge is 0.353 e. The Bertz CT molecular complexity index is 223. The Balaban J connectivity index is 2.57. The van der Waals surface area contributed by atoms with Crippen molar-refractivity contribution in [3.63, 3.8) is 0 Å². The molecule has 0 aliphatic heterocycles. The molecule has 0 aromatic carbocycles. The number of carbonyl (C=O) groups excluding carboxylic acids is 1. The summed E-state index contributed by atoms with van der Waals surface area (Å²) in [5.74, 6) is -0.0914. The van der Waals surface area contributed by atoms with E-state index in [1.54, 1.807) is 0 Å². The molecule has 0 radical (unpaired) electrons. The maximum atomic E-state index is 11.5. The summed E-state index contributed by atoms with van der Waals surface area (Å²) in [5, 5.41) is 11.6. The molecular weight excluding hydrogens is 152 g/mol. The van der Waals surface area contributed by atoms with Crippen LogP contribution in [0.25, 0.3) is 0 Å². The molecule has 3 heteroatoms. The van der Waals surface area contributed by atoms with Crippen molar-refractivity contribution in [1.82, 2.24) is 5.32 Å². The second-order valence-electron chi connectivity index (χ2n) is 3.68. The molecule has 12 heavy (non-hydrogen) atoms. The third-order valence-electron chi connectivity index (χ3n) is 2.28. The van der Waals surface area contributed by atoms with Gasteiger partial charge in [0.15, 0.2) is 0 Å². The molecule has 1 rings (SSSR count). The number of nitriles is 1. The van der Waals surface area contributed by atoms with E-state index >= 15 is 0 Å². The highest BCUT2D eigenvalue weighted by molar-refractivity contribution is 5.86. The van der Waals surface area contributed by atoms with Crippen molar-refractivity contribution < 1.29 is 4.79 Å². The Hall–Kier alpha value is -1.04. The summed E-state index contributed by atoms with van der Waals surface area (Å²) in [5.41, 5.74) is -0.690. The molecule has 1 fully saturated rings. The predicted octanol–water partition coefficient (Wildman–Crippen LogP) is 1.20. The van der Waals surface area contributed by atoms with Crippen LogP contribution in [0.2, 0.25) is 0 Å². The lowest BCUT2D eigenvalue weighted by atomic mass is 9.69. The molecule has 0 aromatic heterocycles. The quantitative estimate of drug-likeness (QED) is 0.670. The smallest absolute Gasteiger partial charge is 0.240 e. The molecule has 66 valence electrons. The number of amides is 1. The lowest BCUT2D eigenvalue weighted by Crippen LogP contribution is -2.46. The Labute approximate surface area is 72.8 Å². The minimum absolute atomic E-state index is 0.0914. The standard InChI is InChI=1S/C9H14N2O/c1-7(2)11-8(12)9(6-10)4-3-5-9/h7H,3-5H2,1-2H3,(H,11,12). The van der Waals surface area contributed by atoms with Crippen molar-refractivity contribution in [2.45, 2.75) is 39.2 Å². The molecule has 0 saturated heterocycles. The minimum Gasteiger partial charge on any atom is -0.353 e. The summed E-state index contributed by atoms with van der Waals surface area (Å²) in [6, 6.07) is 2.24. The van der Waals surface area contributed by atoms with E-state index < -0.39 is 5.41 Å². The van der Waals surface area contributed by atoms with Gasteiger partial charge in [-0.25, -0.2) is 0 Å². The Morgan fingerprint density at radius 1 is 1.58 bits per heavy atom. The molecule has 0 atom stereocenters. The van der Waals surface area contributed by atoms with E-state index in [1.165, 1.54) is 0 Å². The predicted molar refractivity (Wildman–Crippen MR) is 45.2 cm³/mol. The molecule has 0 aromatic rings. The van der Waals surface area contributed by atoms with Crippen molar-refractivity contribution >= 4 is 5.91 Å². The van der Waals surface area contributed by atoms with E-state index in [0.717, 1.165) is 19.3 Å². The molecule has 1 N–H and O–H groups in total. The van der Waals surface area contributed by atoms with Crippen molar-refractivity contribution in [3.05, 3.63) is 0 Å². The average molecular weight is 166 g/mol. The minimum atomic E-state index is -0.690. The molecule has 0 spiro atoms. The number of nitrogens with zero attached hydrogens (tertiary/aromatic N) is 1. The van der Waals surface area contributed by atoms with Crippen molar-refractivity contribution in [2.24, 2.45) is 5.41 Å². The van der Waals surface area contributed by atoms with Gasteiger partial charge in [0.25, 0.3) is 0 Å². The van der Waals surface area contributed by atoms with Crippen LogP contribution >= 0.6 is 0 Å². The molecular formula is C9H14N2O. The normalized spacial score (nSPS) is 19.5. The van der Waals surface area contributed by atoms with Crippen LogP contribution in [0.4, 0.5) is 0 Å². The first-order valence-electron chi connectivity index (χ1n) is 4.33. The van der Waals surface area contributed by atoms with Crippen molar-refractivity contribution in [2.75, 3.05) is 0 Å². The van der Waals surface area contributed by atoms with Gasteiger partial charge in [0.2, 0.25) is 5.91 Å². The molecule has 1 aliphatic rings. The monoisotopic (exact) mass is 166 g/mol. The van der Waals surface area contributed by atoms with Crippen molar-refractivity contribution in [3.8, 4) is 6.07 Å². The van der Waals surface area contributed by atoms with Gasteiger partial charge in [-0.3, -0.25) is 4.79 Å². The highest BCUT2D eigenvalue weighted by Crippen LogP contribution is 2.40. The zero-order valence-electron chi connectivity index (χ0n) is 7.55. The Kier molecular flexibility index (Phi) is 2.37. The molecule has 0 heterocycles. The second-order valence-corrected chi connectivity index (χ2v) is 3.68. The van der Waals surface area contributed by atoms with E-state index in [2.05, 4.69) is 11.4 Å². The Morgan fingerprint density at radius 2 is 2.17 bits per heavy atom. The van der Waals surface area contributed by atoms with E-state index in [0.29, 0.717) is 0 Å². The van der Waals surface area contributed by atoms with Crippen molar-refractivity contribution in [1.29, 1.82) is 5.26 Å². The van der Waals surface area contributed by atoms with E-state index in [1.807, 2.05) is 13.8 Å². The highest BCUT2D eigenvalue weighted by Gasteiger charge is 2.44. The van der Waals surface area contributed by atoms with Crippen LogP contribution in [0.5, 0.6) is 0 Å². The third kappa shape index (κ3) is 1.42. The number of rotatable bonds is 2. The summed E-state index contributed by atoms with van der Waals surface area (Å²) in [6.45, 7) is 3.81. The molecule has 0 bridgehead atoms. The summed E-state index contributed by atoms with van der Waals surface area (Å²) < 4.78 is 0. The molecule has 1 aliphatic carbocycles. The second kappa shape index (κ2) is 3.14. The molecule has 3 nitrogen and oxygen atoms in total.